The second kappa shape index (κ2) is 9.97. The highest BCUT2D eigenvalue weighted by molar-refractivity contribution is 6.03. The molecule has 7 heteroatoms. The molecule has 0 aromatic heterocycles. The zero-order valence-corrected chi connectivity index (χ0v) is 17.9. The Morgan fingerprint density at radius 1 is 1.22 bits per heavy atom. The van der Waals surface area contributed by atoms with Crippen LogP contribution in [0.15, 0.2) is 54.6 Å². The van der Waals surface area contributed by atoms with Gasteiger partial charge in [-0.2, -0.15) is 0 Å². The summed E-state index contributed by atoms with van der Waals surface area (Å²) in [5.41, 5.74) is 8.51. The fourth-order valence-electron chi connectivity index (χ4n) is 4.48. The molecule has 0 saturated carbocycles. The Labute approximate surface area is 187 Å². The maximum atomic E-state index is 12.1. The van der Waals surface area contributed by atoms with Gasteiger partial charge in [0.25, 0.3) is 0 Å². The van der Waals surface area contributed by atoms with Gasteiger partial charge in [0.15, 0.2) is 0 Å². The van der Waals surface area contributed by atoms with E-state index in [4.69, 9.17) is 10.5 Å². The van der Waals surface area contributed by atoms with Gasteiger partial charge in [-0.15, -0.1) is 0 Å². The van der Waals surface area contributed by atoms with Crippen LogP contribution in [0.3, 0.4) is 0 Å². The van der Waals surface area contributed by atoms with E-state index < -0.39 is 11.9 Å². The number of para-hydroxylation sites is 2. The Balaban J connectivity index is 1.30. The Hall–Kier alpha value is -3.16. The number of carbonyl (C=O) groups is 2. The molecule has 2 fully saturated rings. The van der Waals surface area contributed by atoms with Crippen LogP contribution < -0.4 is 11.1 Å². The fraction of sp³-hybridized carbons (Fsp3) is 0.360. The molecule has 2 bridgehead atoms. The van der Waals surface area contributed by atoms with Crippen molar-refractivity contribution in [3.8, 4) is 0 Å². The number of amides is 1. The fourth-order valence-corrected chi connectivity index (χ4v) is 4.48. The second-order valence-corrected chi connectivity index (χ2v) is 8.45. The summed E-state index contributed by atoms with van der Waals surface area (Å²) in [5.74, 6) is -1.62. The highest BCUT2D eigenvalue weighted by Gasteiger charge is 2.38. The highest BCUT2D eigenvalue weighted by Crippen LogP contribution is 2.29. The van der Waals surface area contributed by atoms with Crippen molar-refractivity contribution >= 4 is 29.3 Å². The van der Waals surface area contributed by atoms with Crippen LogP contribution in [0.25, 0.3) is 6.08 Å². The molecule has 32 heavy (non-hydrogen) atoms. The number of hydrogen-bond donors (Lipinski definition) is 3. The second-order valence-electron chi connectivity index (χ2n) is 8.45. The third-order valence-electron chi connectivity index (χ3n) is 6.23. The average molecular weight is 436 g/mol. The highest BCUT2D eigenvalue weighted by atomic mass is 16.5. The molecule has 0 radical (unpaired) electrons. The van der Waals surface area contributed by atoms with Crippen molar-refractivity contribution in [1.82, 2.24) is 4.90 Å². The number of rotatable bonds is 9. The van der Waals surface area contributed by atoms with Crippen molar-refractivity contribution in [2.45, 2.75) is 37.3 Å². The van der Waals surface area contributed by atoms with E-state index in [-0.39, 0.29) is 5.91 Å². The maximum absolute atomic E-state index is 12.1. The molecule has 2 aromatic rings. The minimum absolute atomic E-state index is 0.281. The molecule has 2 heterocycles. The first-order valence-corrected chi connectivity index (χ1v) is 11.0. The number of nitrogens with one attached hydrogen (secondary N) is 1. The van der Waals surface area contributed by atoms with Crippen LogP contribution in [0.5, 0.6) is 0 Å². The smallest absolute Gasteiger partial charge is 0.310 e. The van der Waals surface area contributed by atoms with E-state index in [1.54, 1.807) is 30.3 Å². The molecule has 2 saturated heterocycles. The van der Waals surface area contributed by atoms with Crippen molar-refractivity contribution in [2.24, 2.45) is 0 Å². The predicted molar refractivity (Wildman–Crippen MR) is 124 cm³/mol. The van der Waals surface area contributed by atoms with Crippen LogP contribution in [-0.4, -0.2) is 53.7 Å². The van der Waals surface area contributed by atoms with Gasteiger partial charge in [0.1, 0.15) is 0 Å². The van der Waals surface area contributed by atoms with Crippen molar-refractivity contribution in [3.05, 3.63) is 65.7 Å². The number of fused-ring (bicyclic) bond motifs is 2. The third kappa shape index (κ3) is 5.36. The number of nitrogen functional groups attached to an aromatic ring is 1. The molecule has 1 amide bonds. The van der Waals surface area contributed by atoms with Crippen molar-refractivity contribution < 1.29 is 19.4 Å². The zero-order chi connectivity index (χ0) is 22.5. The molecule has 2 aliphatic rings. The molecule has 7 nitrogen and oxygen atoms in total. The van der Waals surface area contributed by atoms with E-state index >= 15 is 0 Å². The minimum atomic E-state index is -0.806. The summed E-state index contributed by atoms with van der Waals surface area (Å²) in [6, 6.07) is 14.9. The minimum Gasteiger partial charge on any atom is -0.481 e. The molecule has 2 aromatic carbocycles. The number of nitrogens with zero attached hydrogens (tertiary/aromatic N) is 1. The number of benzene rings is 2. The summed E-state index contributed by atoms with van der Waals surface area (Å²) < 4.78 is 5.63. The van der Waals surface area contributed by atoms with E-state index in [2.05, 4.69) is 10.2 Å². The van der Waals surface area contributed by atoms with Gasteiger partial charge >= 0.3 is 5.97 Å². The quantitative estimate of drug-likeness (QED) is 0.412. The number of nitrogens with two attached hydrogens (primary N) is 1. The van der Waals surface area contributed by atoms with Crippen LogP contribution in [0.2, 0.25) is 0 Å². The standard InChI is InChI=1S/C25H29N3O4/c26-22-5-1-2-6-23(22)27-24(29)12-9-17-7-10-18(11-8-17)21(25(30)31)4-3-13-28-15-20-14-19(28)16-32-20/h1-2,5-12,19-21H,3-4,13-16,26H2,(H,27,29)(H,30,31)/b12-9+. The lowest BCUT2D eigenvalue weighted by Crippen LogP contribution is -2.37. The Morgan fingerprint density at radius 2 is 2.00 bits per heavy atom. The van der Waals surface area contributed by atoms with E-state index in [0.717, 1.165) is 43.7 Å². The van der Waals surface area contributed by atoms with Crippen molar-refractivity contribution in [1.29, 1.82) is 0 Å². The number of carboxylic acids is 1. The molecule has 3 atom stereocenters. The third-order valence-corrected chi connectivity index (χ3v) is 6.23. The summed E-state index contributed by atoms with van der Waals surface area (Å²) in [4.78, 5) is 26.4. The van der Waals surface area contributed by atoms with Crippen LogP contribution in [-0.2, 0) is 14.3 Å². The van der Waals surface area contributed by atoms with Crippen LogP contribution in [0.1, 0.15) is 36.3 Å². The van der Waals surface area contributed by atoms with Gasteiger partial charge in [-0.05, 0) is 55.1 Å². The molecule has 0 spiro atoms. The van der Waals surface area contributed by atoms with E-state index in [1.807, 2.05) is 24.3 Å². The number of ether oxygens (including phenoxy) is 1. The summed E-state index contributed by atoms with van der Waals surface area (Å²) in [6.07, 6.45) is 6.03. The number of aliphatic carboxylic acids is 1. The number of carbonyl (C=O) groups excluding carboxylic acids is 1. The number of anilines is 2. The molecule has 168 valence electrons. The van der Waals surface area contributed by atoms with Crippen LogP contribution >= 0.6 is 0 Å². The molecule has 4 rings (SSSR count). The lowest BCUT2D eigenvalue weighted by molar-refractivity contribution is -0.139. The van der Waals surface area contributed by atoms with Gasteiger partial charge in [-0.25, -0.2) is 0 Å². The lowest BCUT2D eigenvalue weighted by atomic mass is 9.93. The van der Waals surface area contributed by atoms with Gasteiger partial charge in [-0.3, -0.25) is 14.5 Å². The molecular weight excluding hydrogens is 406 g/mol. The van der Waals surface area contributed by atoms with E-state index in [9.17, 15) is 14.7 Å². The molecule has 2 aliphatic heterocycles. The summed E-state index contributed by atoms with van der Waals surface area (Å²) in [7, 11) is 0. The zero-order valence-electron chi connectivity index (χ0n) is 17.9. The SMILES string of the molecule is Nc1ccccc1NC(=O)/C=C/c1ccc(C(CCCN2CC3CC2CO3)C(=O)O)cc1. The van der Waals surface area contributed by atoms with E-state index in [0.29, 0.717) is 29.9 Å². The number of hydrogen-bond acceptors (Lipinski definition) is 5. The van der Waals surface area contributed by atoms with Gasteiger partial charge in [0.2, 0.25) is 5.91 Å². The lowest BCUT2D eigenvalue weighted by Gasteiger charge is -2.27. The first-order chi connectivity index (χ1) is 15.5. The van der Waals surface area contributed by atoms with Gasteiger partial charge in [0, 0.05) is 18.7 Å². The monoisotopic (exact) mass is 435 g/mol. The van der Waals surface area contributed by atoms with Crippen LogP contribution in [0.4, 0.5) is 11.4 Å². The average Bonchev–Trinajstić information content (AvgIpc) is 3.41. The van der Waals surface area contributed by atoms with Gasteiger partial charge in [-0.1, -0.05) is 36.4 Å². The largest absolute Gasteiger partial charge is 0.481 e. The summed E-state index contributed by atoms with van der Waals surface area (Å²) in [5, 5.41) is 12.5. The normalized spacial score (nSPS) is 21.1. The number of likely N-dealkylation sites (tertiary alicyclic amines) is 1. The van der Waals surface area contributed by atoms with E-state index in [1.165, 1.54) is 6.08 Å². The maximum Gasteiger partial charge on any atom is 0.310 e. The first kappa shape index (κ1) is 22.0. The topological polar surface area (TPSA) is 105 Å². The van der Waals surface area contributed by atoms with Crippen LogP contribution in [0, 0.1) is 0 Å². The number of morpholine rings is 1. The Morgan fingerprint density at radius 3 is 2.66 bits per heavy atom. The Bertz CT molecular complexity index is 989. The summed E-state index contributed by atoms with van der Waals surface area (Å²) in [6.45, 7) is 2.68. The first-order valence-electron chi connectivity index (χ1n) is 11.0. The number of carboxylic acid groups (broad SMARTS) is 1. The van der Waals surface area contributed by atoms with Crippen molar-refractivity contribution in [3.63, 3.8) is 0 Å². The van der Waals surface area contributed by atoms with Gasteiger partial charge in [0.05, 0.1) is 30.0 Å². The molecular formula is C25H29N3O4. The molecule has 4 N–H and O–H groups in total. The molecule has 0 aliphatic carbocycles. The Kier molecular flexibility index (Phi) is 6.87. The van der Waals surface area contributed by atoms with Crippen molar-refractivity contribution in [2.75, 3.05) is 30.7 Å². The van der Waals surface area contributed by atoms with Gasteiger partial charge < -0.3 is 20.9 Å². The molecule has 3 unspecified atom stereocenters. The summed E-state index contributed by atoms with van der Waals surface area (Å²) >= 11 is 0. The predicted octanol–water partition coefficient (Wildman–Crippen LogP) is 3.34.